The smallest absolute Gasteiger partial charge is 0.340 e. The topological polar surface area (TPSA) is 105 Å². The summed E-state index contributed by atoms with van der Waals surface area (Å²) in [5.74, 6) is -0.280. The SMILES string of the molecule is CCc1c(F)ccc2cc(O)cc(N3CCc4c(nc(OCC5(CN(C)C)CC5)nc4OS(=O)(=O)c4ccc(C)cc4)C3)c12. The van der Waals surface area contributed by atoms with E-state index < -0.39 is 10.1 Å². The van der Waals surface area contributed by atoms with E-state index in [1.807, 2.05) is 32.8 Å². The summed E-state index contributed by atoms with van der Waals surface area (Å²) in [6, 6.07) is 12.9. The molecule has 1 aromatic heterocycles. The fourth-order valence-electron chi connectivity index (χ4n) is 6.06. The number of phenolic OH excluding ortho intramolecular Hbond substituents is 1. The first-order chi connectivity index (χ1) is 21.0. The van der Waals surface area contributed by atoms with Crippen molar-refractivity contribution >= 4 is 26.6 Å². The van der Waals surface area contributed by atoms with Crippen LogP contribution in [0.4, 0.5) is 10.1 Å². The van der Waals surface area contributed by atoms with Crippen LogP contribution in [0.25, 0.3) is 10.8 Å². The molecule has 2 aliphatic rings. The van der Waals surface area contributed by atoms with Gasteiger partial charge in [-0.2, -0.15) is 18.4 Å². The maximum atomic E-state index is 14.9. The predicted octanol–water partition coefficient (Wildman–Crippen LogP) is 5.40. The third-order valence-corrected chi connectivity index (χ3v) is 9.67. The second-order valence-corrected chi connectivity index (χ2v) is 13.8. The third kappa shape index (κ3) is 6.03. The van der Waals surface area contributed by atoms with Gasteiger partial charge in [0.2, 0.25) is 5.88 Å². The summed E-state index contributed by atoms with van der Waals surface area (Å²) in [6.45, 7) is 5.74. The Balaban J connectivity index is 1.39. The van der Waals surface area contributed by atoms with E-state index in [0.717, 1.165) is 35.7 Å². The van der Waals surface area contributed by atoms with Gasteiger partial charge in [0.05, 0.1) is 18.8 Å². The molecule has 1 saturated carbocycles. The molecule has 0 amide bonds. The molecular weight excluding hydrogens is 583 g/mol. The normalized spacial score (nSPS) is 15.8. The van der Waals surface area contributed by atoms with Crippen LogP contribution in [0.5, 0.6) is 17.6 Å². The van der Waals surface area contributed by atoms with Crippen LogP contribution in [0.1, 0.15) is 42.1 Å². The van der Waals surface area contributed by atoms with Crippen LogP contribution in [-0.2, 0) is 29.5 Å². The van der Waals surface area contributed by atoms with Gasteiger partial charge in [0.15, 0.2) is 0 Å². The van der Waals surface area contributed by atoms with Crippen molar-refractivity contribution in [3.8, 4) is 17.6 Å². The minimum atomic E-state index is -4.18. The minimum Gasteiger partial charge on any atom is -0.508 e. The maximum Gasteiger partial charge on any atom is 0.340 e. The zero-order valence-corrected chi connectivity index (χ0v) is 26.2. The van der Waals surface area contributed by atoms with E-state index >= 15 is 0 Å². The van der Waals surface area contributed by atoms with Crippen LogP contribution in [0.3, 0.4) is 0 Å². The number of anilines is 1. The van der Waals surface area contributed by atoms with Gasteiger partial charge in [-0.05, 0) is 81.9 Å². The minimum absolute atomic E-state index is 0.00486. The van der Waals surface area contributed by atoms with Crippen molar-refractivity contribution in [3.05, 3.63) is 76.7 Å². The number of halogens is 1. The molecule has 0 spiro atoms. The molecule has 1 N–H and O–H groups in total. The molecule has 4 aromatic rings. The quantitative estimate of drug-likeness (QED) is 0.234. The molecule has 44 heavy (non-hydrogen) atoms. The van der Waals surface area contributed by atoms with E-state index in [1.165, 1.54) is 18.2 Å². The Morgan fingerprint density at radius 3 is 2.52 bits per heavy atom. The predicted molar refractivity (Wildman–Crippen MR) is 166 cm³/mol. The van der Waals surface area contributed by atoms with Crippen LogP contribution < -0.4 is 13.8 Å². The lowest BCUT2D eigenvalue weighted by Gasteiger charge is -2.32. The second kappa shape index (κ2) is 11.5. The Hall–Kier alpha value is -3.96. The van der Waals surface area contributed by atoms with Crippen molar-refractivity contribution in [2.45, 2.75) is 51.0 Å². The molecule has 3 aromatic carbocycles. The highest BCUT2D eigenvalue weighted by atomic mass is 32.2. The van der Waals surface area contributed by atoms with Crippen molar-refractivity contribution < 1.29 is 26.8 Å². The average Bonchev–Trinajstić information content (AvgIpc) is 3.74. The van der Waals surface area contributed by atoms with Gasteiger partial charge in [0.1, 0.15) is 16.5 Å². The molecule has 11 heteroatoms. The summed E-state index contributed by atoms with van der Waals surface area (Å²) < 4.78 is 53.4. The standard InChI is InChI=1S/C33H37FN4O5S/c1-5-25-27(34)11-8-22-16-23(39)17-29(30(22)25)38-15-12-26-28(18-38)35-32(42-20-33(13-14-33)19-37(3)4)36-31(26)43-44(40,41)24-9-6-21(2)7-10-24/h6-11,16-17,39H,5,12-15,18-20H2,1-4H3. The summed E-state index contributed by atoms with van der Waals surface area (Å²) >= 11 is 0. The molecule has 0 saturated heterocycles. The number of ether oxygens (including phenoxy) is 1. The molecule has 1 aliphatic heterocycles. The van der Waals surface area contributed by atoms with Crippen molar-refractivity contribution in [1.29, 1.82) is 0 Å². The number of nitrogens with zero attached hydrogens (tertiary/aromatic N) is 4. The molecule has 6 rings (SSSR count). The number of rotatable bonds is 10. The number of aromatic hydroxyl groups is 1. The first kappa shape index (κ1) is 30.1. The number of phenols is 1. The number of hydrogen-bond donors (Lipinski definition) is 1. The largest absolute Gasteiger partial charge is 0.508 e. The van der Waals surface area contributed by atoms with Crippen LogP contribution in [0.15, 0.2) is 53.4 Å². The number of aryl methyl sites for hydroxylation is 2. The van der Waals surface area contributed by atoms with Gasteiger partial charge in [0, 0.05) is 41.2 Å². The zero-order chi connectivity index (χ0) is 31.2. The van der Waals surface area contributed by atoms with Gasteiger partial charge >= 0.3 is 16.1 Å². The first-order valence-electron chi connectivity index (χ1n) is 14.8. The number of benzene rings is 3. The summed E-state index contributed by atoms with van der Waals surface area (Å²) in [6.07, 6.45) is 2.90. The number of fused-ring (bicyclic) bond motifs is 2. The fraction of sp³-hybridized carbons (Fsp3) is 0.394. The van der Waals surface area contributed by atoms with Gasteiger partial charge in [-0.15, -0.1) is 0 Å². The number of aromatic nitrogens is 2. The van der Waals surface area contributed by atoms with Crippen molar-refractivity contribution in [3.63, 3.8) is 0 Å². The van der Waals surface area contributed by atoms with E-state index in [9.17, 15) is 17.9 Å². The van der Waals surface area contributed by atoms with Crippen molar-refractivity contribution in [1.82, 2.24) is 14.9 Å². The molecule has 9 nitrogen and oxygen atoms in total. The van der Waals surface area contributed by atoms with E-state index in [4.69, 9.17) is 13.9 Å². The highest BCUT2D eigenvalue weighted by molar-refractivity contribution is 7.87. The average molecular weight is 621 g/mol. The fourth-order valence-corrected chi connectivity index (χ4v) is 6.97. The Labute approximate surface area is 257 Å². The van der Waals surface area contributed by atoms with Crippen molar-refractivity contribution in [2.24, 2.45) is 5.41 Å². The molecule has 0 unspecified atom stereocenters. The lowest BCUT2D eigenvalue weighted by Crippen LogP contribution is -2.33. The summed E-state index contributed by atoms with van der Waals surface area (Å²) in [5, 5.41) is 12.0. The maximum absolute atomic E-state index is 14.9. The zero-order valence-electron chi connectivity index (χ0n) is 25.4. The summed E-state index contributed by atoms with van der Waals surface area (Å²) in [4.78, 5) is 13.4. The molecule has 0 bridgehead atoms. The van der Waals surface area contributed by atoms with E-state index in [1.54, 1.807) is 30.3 Å². The molecule has 0 atom stereocenters. The van der Waals surface area contributed by atoms with Gasteiger partial charge < -0.3 is 23.8 Å². The van der Waals surface area contributed by atoms with E-state index in [0.29, 0.717) is 48.5 Å². The van der Waals surface area contributed by atoms with Crippen LogP contribution >= 0.6 is 0 Å². The van der Waals surface area contributed by atoms with Crippen molar-refractivity contribution in [2.75, 3.05) is 38.7 Å². The molecule has 2 heterocycles. The Bertz CT molecular complexity index is 1820. The van der Waals surface area contributed by atoms with Gasteiger partial charge in [-0.3, -0.25) is 0 Å². The summed E-state index contributed by atoms with van der Waals surface area (Å²) in [7, 11) is -0.141. The van der Waals surface area contributed by atoms with Gasteiger partial charge in [0.25, 0.3) is 0 Å². The Morgan fingerprint density at radius 1 is 1.09 bits per heavy atom. The first-order valence-corrected chi connectivity index (χ1v) is 16.3. The lowest BCUT2D eigenvalue weighted by molar-refractivity contribution is 0.181. The van der Waals surface area contributed by atoms with Crippen LogP contribution in [0.2, 0.25) is 0 Å². The van der Waals surface area contributed by atoms with E-state index in [-0.39, 0.29) is 40.3 Å². The lowest BCUT2D eigenvalue weighted by atomic mass is 9.97. The molecule has 232 valence electrons. The molecule has 1 aliphatic carbocycles. The third-order valence-electron chi connectivity index (χ3n) is 8.45. The monoisotopic (exact) mass is 620 g/mol. The second-order valence-electron chi connectivity index (χ2n) is 12.2. The summed E-state index contributed by atoms with van der Waals surface area (Å²) in [5.41, 5.74) is 3.31. The van der Waals surface area contributed by atoms with Gasteiger partial charge in [-0.25, -0.2) is 4.39 Å². The highest BCUT2D eigenvalue weighted by Crippen LogP contribution is 2.46. The van der Waals surface area contributed by atoms with Crippen LogP contribution in [0, 0.1) is 18.2 Å². The van der Waals surface area contributed by atoms with Gasteiger partial charge in [-0.1, -0.05) is 30.7 Å². The molecule has 0 radical (unpaired) electrons. The molecule has 1 fully saturated rings. The number of hydrogen-bond acceptors (Lipinski definition) is 9. The van der Waals surface area contributed by atoms with Crippen LogP contribution in [-0.4, -0.2) is 62.2 Å². The Kier molecular flexibility index (Phi) is 7.87. The highest BCUT2D eigenvalue weighted by Gasteiger charge is 2.44. The Morgan fingerprint density at radius 2 is 1.84 bits per heavy atom. The van der Waals surface area contributed by atoms with E-state index in [2.05, 4.69) is 9.88 Å². The molecular formula is C33H37FN4O5S.